The highest BCUT2D eigenvalue weighted by atomic mass is 32.1. The molecule has 0 saturated carbocycles. The Morgan fingerprint density at radius 2 is 1.73 bits per heavy atom. The molecule has 0 saturated heterocycles. The molecule has 1 heterocycles. The number of amides is 3. The smallest absolute Gasteiger partial charge is 0.271 e. The zero-order chi connectivity index (χ0) is 24.0. The molecule has 3 rings (SSSR count). The van der Waals surface area contributed by atoms with Gasteiger partial charge in [-0.25, -0.2) is 4.98 Å². The van der Waals surface area contributed by atoms with Crippen LogP contribution in [-0.4, -0.2) is 40.6 Å². The SMILES string of the molecule is CC(=O)C[C@H](NC(=O)c1csc(C)n1)C(=O)N[C@@H](C)C(=O)NCc1cccc2ccccc12. The Labute approximate surface area is 195 Å². The van der Waals surface area contributed by atoms with Crippen molar-refractivity contribution in [3.8, 4) is 0 Å². The number of ketones is 1. The van der Waals surface area contributed by atoms with Gasteiger partial charge in [-0.05, 0) is 37.1 Å². The lowest BCUT2D eigenvalue weighted by Crippen LogP contribution is -2.53. The number of carbonyl (C=O) groups excluding carboxylic acids is 4. The van der Waals surface area contributed by atoms with E-state index >= 15 is 0 Å². The van der Waals surface area contributed by atoms with Gasteiger partial charge in [0.1, 0.15) is 23.6 Å². The van der Waals surface area contributed by atoms with Crippen LogP contribution in [0.15, 0.2) is 47.8 Å². The number of Topliss-reactive ketones (excluding diaryl/α,β-unsaturated/α-hetero) is 1. The Morgan fingerprint density at radius 3 is 2.42 bits per heavy atom. The molecule has 3 amide bonds. The van der Waals surface area contributed by atoms with Crippen LogP contribution in [0.1, 0.15) is 41.3 Å². The normalized spacial score (nSPS) is 12.6. The first-order valence-electron chi connectivity index (χ1n) is 10.5. The maximum absolute atomic E-state index is 12.7. The van der Waals surface area contributed by atoms with Crippen molar-refractivity contribution in [1.29, 1.82) is 0 Å². The van der Waals surface area contributed by atoms with E-state index in [0.717, 1.165) is 16.3 Å². The summed E-state index contributed by atoms with van der Waals surface area (Å²) in [5.41, 5.74) is 1.14. The van der Waals surface area contributed by atoms with E-state index in [9.17, 15) is 19.2 Å². The second kappa shape index (κ2) is 10.8. The molecule has 2 atom stereocenters. The van der Waals surface area contributed by atoms with E-state index in [1.807, 2.05) is 42.5 Å². The summed E-state index contributed by atoms with van der Waals surface area (Å²) in [5, 5.41) is 12.4. The zero-order valence-electron chi connectivity index (χ0n) is 18.7. The lowest BCUT2D eigenvalue weighted by Gasteiger charge is -2.20. The van der Waals surface area contributed by atoms with Crippen LogP contribution >= 0.6 is 11.3 Å². The van der Waals surface area contributed by atoms with Gasteiger partial charge in [-0.3, -0.25) is 19.2 Å². The number of nitrogens with one attached hydrogen (secondary N) is 3. The topological polar surface area (TPSA) is 117 Å². The minimum atomic E-state index is -1.11. The van der Waals surface area contributed by atoms with E-state index < -0.39 is 23.9 Å². The molecule has 8 nitrogen and oxygen atoms in total. The summed E-state index contributed by atoms with van der Waals surface area (Å²) in [4.78, 5) is 53.5. The number of carbonyl (C=O) groups is 4. The van der Waals surface area contributed by atoms with Gasteiger partial charge in [0.25, 0.3) is 5.91 Å². The van der Waals surface area contributed by atoms with Gasteiger partial charge in [0, 0.05) is 18.3 Å². The summed E-state index contributed by atoms with van der Waals surface area (Å²) in [6.45, 7) is 4.95. The average molecular weight is 467 g/mol. The predicted molar refractivity (Wildman–Crippen MR) is 127 cm³/mol. The molecule has 0 aliphatic heterocycles. The molecule has 0 fully saturated rings. The first-order valence-corrected chi connectivity index (χ1v) is 11.4. The number of benzene rings is 2. The molecule has 9 heteroatoms. The van der Waals surface area contributed by atoms with Crippen molar-refractivity contribution in [2.45, 2.75) is 45.8 Å². The van der Waals surface area contributed by atoms with Crippen molar-refractivity contribution >= 4 is 45.6 Å². The van der Waals surface area contributed by atoms with Crippen LogP contribution < -0.4 is 16.0 Å². The summed E-state index contributed by atoms with van der Waals surface area (Å²) in [6, 6.07) is 11.8. The van der Waals surface area contributed by atoms with Gasteiger partial charge in [-0.15, -0.1) is 11.3 Å². The second-order valence-corrected chi connectivity index (χ2v) is 8.83. The number of aromatic nitrogens is 1. The summed E-state index contributed by atoms with van der Waals surface area (Å²) in [6.07, 6.45) is -0.189. The summed E-state index contributed by atoms with van der Waals surface area (Å²) < 4.78 is 0. The van der Waals surface area contributed by atoms with Crippen molar-refractivity contribution in [2.24, 2.45) is 0 Å². The lowest BCUT2D eigenvalue weighted by atomic mass is 10.0. The second-order valence-electron chi connectivity index (χ2n) is 7.77. The Bertz CT molecular complexity index is 1180. The summed E-state index contributed by atoms with van der Waals surface area (Å²) >= 11 is 1.31. The molecular weight excluding hydrogens is 440 g/mol. The maximum Gasteiger partial charge on any atom is 0.271 e. The van der Waals surface area contributed by atoms with Crippen LogP contribution in [0.3, 0.4) is 0 Å². The number of rotatable bonds is 9. The molecular formula is C24H26N4O4S. The minimum Gasteiger partial charge on any atom is -0.350 e. The molecule has 0 aliphatic carbocycles. The fourth-order valence-corrected chi connectivity index (χ4v) is 3.95. The monoisotopic (exact) mass is 466 g/mol. The Kier molecular flexibility index (Phi) is 7.89. The standard InChI is InChI=1S/C24H26N4O4S/c1-14(29)11-20(28-24(32)21-13-33-16(3)27-21)23(31)26-15(2)22(30)25-12-18-9-6-8-17-7-4-5-10-19(17)18/h4-10,13,15,20H,11-12H2,1-3H3,(H,25,30)(H,26,31)(H,28,32)/t15-,20-/m0/s1. The molecule has 3 N–H and O–H groups in total. The van der Waals surface area contributed by atoms with Gasteiger partial charge in [0.2, 0.25) is 11.8 Å². The van der Waals surface area contributed by atoms with E-state index in [-0.39, 0.29) is 23.8 Å². The van der Waals surface area contributed by atoms with Gasteiger partial charge in [0.15, 0.2) is 0 Å². The largest absolute Gasteiger partial charge is 0.350 e. The highest BCUT2D eigenvalue weighted by Crippen LogP contribution is 2.18. The van der Waals surface area contributed by atoms with Crippen LogP contribution in [0, 0.1) is 6.92 Å². The molecule has 3 aromatic rings. The van der Waals surface area contributed by atoms with Gasteiger partial charge in [-0.1, -0.05) is 42.5 Å². The van der Waals surface area contributed by atoms with Gasteiger partial charge in [-0.2, -0.15) is 0 Å². The number of nitrogens with zero attached hydrogens (tertiary/aromatic N) is 1. The lowest BCUT2D eigenvalue weighted by molar-refractivity contribution is -0.130. The molecule has 172 valence electrons. The van der Waals surface area contributed by atoms with E-state index in [1.165, 1.54) is 18.3 Å². The van der Waals surface area contributed by atoms with E-state index in [1.54, 1.807) is 19.2 Å². The average Bonchev–Trinajstić information content (AvgIpc) is 3.23. The molecule has 33 heavy (non-hydrogen) atoms. The number of thiazole rings is 1. The number of fused-ring (bicyclic) bond motifs is 1. The van der Waals surface area contributed by atoms with E-state index in [4.69, 9.17) is 0 Å². The van der Waals surface area contributed by atoms with Crippen LogP contribution in [0.2, 0.25) is 0 Å². The summed E-state index contributed by atoms with van der Waals surface area (Å²) in [7, 11) is 0. The van der Waals surface area contributed by atoms with Crippen LogP contribution in [0.4, 0.5) is 0 Å². The van der Waals surface area contributed by atoms with Crippen molar-refractivity contribution < 1.29 is 19.2 Å². The number of hydrogen-bond donors (Lipinski definition) is 3. The van der Waals surface area contributed by atoms with Gasteiger partial charge in [0.05, 0.1) is 5.01 Å². The molecule has 0 radical (unpaired) electrons. The van der Waals surface area contributed by atoms with Gasteiger partial charge >= 0.3 is 0 Å². The fourth-order valence-electron chi connectivity index (χ4n) is 3.36. The molecule has 0 aliphatic rings. The summed E-state index contributed by atoms with van der Waals surface area (Å²) in [5.74, 6) is -1.80. The molecule has 2 aromatic carbocycles. The highest BCUT2D eigenvalue weighted by Gasteiger charge is 2.26. The molecule has 1 aromatic heterocycles. The van der Waals surface area contributed by atoms with E-state index in [2.05, 4.69) is 20.9 Å². The minimum absolute atomic E-state index is 0.180. The molecule has 0 unspecified atom stereocenters. The molecule has 0 spiro atoms. The highest BCUT2D eigenvalue weighted by molar-refractivity contribution is 7.09. The zero-order valence-corrected chi connectivity index (χ0v) is 19.5. The number of aryl methyl sites for hydroxylation is 1. The molecule has 0 bridgehead atoms. The quantitative estimate of drug-likeness (QED) is 0.448. The first-order chi connectivity index (χ1) is 15.7. The van der Waals surface area contributed by atoms with Crippen LogP contribution in [0.5, 0.6) is 0 Å². The Morgan fingerprint density at radius 1 is 1.00 bits per heavy atom. The third-order valence-electron chi connectivity index (χ3n) is 5.05. The Hall–Kier alpha value is -3.59. The van der Waals surface area contributed by atoms with Crippen molar-refractivity contribution in [3.63, 3.8) is 0 Å². The van der Waals surface area contributed by atoms with Crippen molar-refractivity contribution in [1.82, 2.24) is 20.9 Å². The van der Waals surface area contributed by atoms with Crippen molar-refractivity contribution in [2.75, 3.05) is 0 Å². The van der Waals surface area contributed by atoms with Crippen LogP contribution in [0.25, 0.3) is 10.8 Å². The third kappa shape index (κ3) is 6.45. The van der Waals surface area contributed by atoms with Crippen molar-refractivity contribution in [3.05, 3.63) is 64.1 Å². The fraction of sp³-hybridized carbons (Fsp3) is 0.292. The maximum atomic E-state index is 12.7. The third-order valence-corrected chi connectivity index (χ3v) is 5.82. The first kappa shape index (κ1) is 24.1. The number of hydrogen-bond acceptors (Lipinski definition) is 6. The van der Waals surface area contributed by atoms with Crippen LogP contribution in [-0.2, 0) is 20.9 Å². The van der Waals surface area contributed by atoms with E-state index in [0.29, 0.717) is 11.6 Å². The van der Waals surface area contributed by atoms with Gasteiger partial charge < -0.3 is 16.0 Å². The Balaban J connectivity index is 1.60. The predicted octanol–water partition coefficient (Wildman–Crippen LogP) is 2.50.